The Morgan fingerprint density at radius 1 is 0.952 bits per heavy atom. The number of rotatable bonds is 4. The number of halogens is 2. The van der Waals surface area contributed by atoms with Crippen molar-refractivity contribution in [3.8, 4) is 12.1 Å². The van der Waals surface area contributed by atoms with Gasteiger partial charge in [0.2, 0.25) is 0 Å². The predicted molar refractivity (Wildman–Crippen MR) is 86.9 cm³/mol. The lowest BCUT2D eigenvalue weighted by atomic mass is 9.80. The zero-order chi connectivity index (χ0) is 15.2. The van der Waals surface area contributed by atoms with E-state index in [1.54, 1.807) is 12.1 Å². The molecule has 2 atom stereocenters. The molecular weight excluding hydrogens is 348 g/mol. The Morgan fingerprint density at radius 2 is 1.52 bits per heavy atom. The third kappa shape index (κ3) is 3.85. The van der Waals surface area contributed by atoms with Gasteiger partial charge in [0, 0.05) is 21.8 Å². The number of nitriles is 2. The fourth-order valence-corrected chi connectivity index (χ4v) is 2.69. The topological polar surface area (TPSA) is 47.6 Å². The molecule has 0 saturated heterocycles. The predicted octanol–water partition coefficient (Wildman–Crippen LogP) is 5.41. The standard InChI is InChI=1S/C17H12BrClN2/c18-14-5-1-13(2-6-14)17(11-21)16(9-10-20)12-3-7-15(19)8-4-12/h1-8,16-17H,9H2/t16-,17-/m1/s1. The Bertz CT molecular complexity index is 681. The fraction of sp³-hybridized carbons (Fsp3) is 0.176. The molecule has 0 unspecified atom stereocenters. The fourth-order valence-electron chi connectivity index (χ4n) is 2.30. The summed E-state index contributed by atoms with van der Waals surface area (Å²) < 4.78 is 0.964. The van der Waals surface area contributed by atoms with Gasteiger partial charge in [-0.25, -0.2) is 0 Å². The van der Waals surface area contributed by atoms with Crippen molar-refractivity contribution >= 4 is 27.5 Å². The molecule has 0 heterocycles. The minimum absolute atomic E-state index is 0.168. The van der Waals surface area contributed by atoms with Crippen LogP contribution in [0, 0.1) is 22.7 Å². The minimum atomic E-state index is -0.362. The van der Waals surface area contributed by atoms with Crippen molar-refractivity contribution < 1.29 is 0 Å². The molecule has 4 heteroatoms. The van der Waals surface area contributed by atoms with Gasteiger partial charge in [0.15, 0.2) is 0 Å². The van der Waals surface area contributed by atoms with E-state index in [9.17, 15) is 5.26 Å². The zero-order valence-corrected chi connectivity index (χ0v) is 13.5. The van der Waals surface area contributed by atoms with E-state index in [-0.39, 0.29) is 18.3 Å². The summed E-state index contributed by atoms with van der Waals surface area (Å²) in [6.07, 6.45) is 0.288. The molecule has 2 aromatic carbocycles. The number of hydrogen-bond acceptors (Lipinski definition) is 2. The van der Waals surface area contributed by atoms with Gasteiger partial charge in [-0.1, -0.05) is 51.8 Å². The quantitative estimate of drug-likeness (QED) is 0.733. The molecule has 0 amide bonds. The first kappa shape index (κ1) is 15.6. The Hall–Kier alpha value is -1.81. The van der Waals surface area contributed by atoms with Gasteiger partial charge >= 0.3 is 0 Å². The number of hydrogen-bond donors (Lipinski definition) is 0. The maximum atomic E-state index is 9.56. The van der Waals surface area contributed by atoms with E-state index in [0.717, 1.165) is 15.6 Å². The van der Waals surface area contributed by atoms with Crippen LogP contribution in [0.5, 0.6) is 0 Å². The Morgan fingerprint density at radius 3 is 2.05 bits per heavy atom. The molecule has 0 aliphatic rings. The average Bonchev–Trinajstić information content (AvgIpc) is 2.50. The molecule has 2 nitrogen and oxygen atoms in total. The smallest absolute Gasteiger partial charge is 0.0791 e. The molecule has 0 saturated carbocycles. The monoisotopic (exact) mass is 358 g/mol. The van der Waals surface area contributed by atoms with Crippen molar-refractivity contribution in [2.24, 2.45) is 0 Å². The van der Waals surface area contributed by atoms with Gasteiger partial charge in [0.05, 0.1) is 18.1 Å². The first-order chi connectivity index (χ1) is 10.2. The second-order valence-electron chi connectivity index (χ2n) is 4.68. The molecule has 0 bridgehead atoms. The van der Waals surface area contributed by atoms with Gasteiger partial charge in [-0.15, -0.1) is 0 Å². The summed E-state index contributed by atoms with van der Waals surface area (Å²) in [4.78, 5) is 0. The molecule has 2 aromatic rings. The Labute approximate surface area is 137 Å². The van der Waals surface area contributed by atoms with Gasteiger partial charge < -0.3 is 0 Å². The second kappa shape index (κ2) is 7.27. The van der Waals surface area contributed by atoms with Gasteiger partial charge in [0.25, 0.3) is 0 Å². The van der Waals surface area contributed by atoms with E-state index in [4.69, 9.17) is 16.9 Å². The summed E-state index contributed by atoms with van der Waals surface area (Å²) in [5.41, 5.74) is 1.87. The highest BCUT2D eigenvalue weighted by Gasteiger charge is 2.24. The largest absolute Gasteiger partial charge is 0.198 e. The molecule has 21 heavy (non-hydrogen) atoms. The van der Waals surface area contributed by atoms with Crippen LogP contribution in [0.4, 0.5) is 0 Å². The third-order valence-electron chi connectivity index (χ3n) is 3.38. The van der Waals surface area contributed by atoms with Crippen LogP contribution in [0.15, 0.2) is 53.0 Å². The van der Waals surface area contributed by atoms with Crippen molar-refractivity contribution in [2.75, 3.05) is 0 Å². The number of benzene rings is 2. The van der Waals surface area contributed by atoms with Crippen LogP contribution in [0.3, 0.4) is 0 Å². The highest BCUT2D eigenvalue weighted by atomic mass is 79.9. The zero-order valence-electron chi connectivity index (χ0n) is 11.1. The van der Waals surface area contributed by atoms with E-state index in [0.29, 0.717) is 5.02 Å². The van der Waals surface area contributed by atoms with Crippen LogP contribution in [0.2, 0.25) is 5.02 Å². The van der Waals surface area contributed by atoms with Crippen molar-refractivity contribution in [2.45, 2.75) is 18.3 Å². The van der Waals surface area contributed by atoms with Crippen molar-refractivity contribution in [3.05, 3.63) is 69.2 Å². The molecule has 0 radical (unpaired) electrons. The highest BCUT2D eigenvalue weighted by Crippen LogP contribution is 2.36. The maximum Gasteiger partial charge on any atom is 0.0791 e. The summed E-state index contributed by atoms with van der Waals surface area (Å²) in [6.45, 7) is 0. The molecule has 0 N–H and O–H groups in total. The molecule has 0 aliphatic carbocycles. The highest BCUT2D eigenvalue weighted by molar-refractivity contribution is 9.10. The van der Waals surface area contributed by atoms with E-state index in [1.165, 1.54) is 0 Å². The Kier molecular flexibility index (Phi) is 5.39. The van der Waals surface area contributed by atoms with Crippen molar-refractivity contribution in [3.63, 3.8) is 0 Å². The third-order valence-corrected chi connectivity index (χ3v) is 4.16. The lowest BCUT2D eigenvalue weighted by Gasteiger charge is -2.20. The molecular formula is C17H12BrClN2. The molecule has 104 valence electrons. The second-order valence-corrected chi connectivity index (χ2v) is 6.03. The Balaban J connectivity index is 2.39. The lowest BCUT2D eigenvalue weighted by Crippen LogP contribution is -2.09. The van der Waals surface area contributed by atoms with Crippen LogP contribution < -0.4 is 0 Å². The maximum absolute atomic E-state index is 9.56. The summed E-state index contributed by atoms with van der Waals surface area (Å²) in [7, 11) is 0. The van der Waals surface area contributed by atoms with E-state index >= 15 is 0 Å². The first-order valence-electron chi connectivity index (χ1n) is 6.43. The average molecular weight is 360 g/mol. The molecule has 0 aromatic heterocycles. The molecule has 0 fully saturated rings. The van der Waals surface area contributed by atoms with Crippen LogP contribution in [-0.4, -0.2) is 0 Å². The summed E-state index contributed by atoms with van der Waals surface area (Å²) >= 11 is 9.29. The number of nitrogens with zero attached hydrogens (tertiary/aromatic N) is 2. The van der Waals surface area contributed by atoms with Gasteiger partial charge in [0.1, 0.15) is 0 Å². The van der Waals surface area contributed by atoms with Crippen molar-refractivity contribution in [1.29, 1.82) is 10.5 Å². The van der Waals surface area contributed by atoms with E-state index in [2.05, 4.69) is 28.1 Å². The van der Waals surface area contributed by atoms with Gasteiger partial charge in [-0.2, -0.15) is 10.5 Å². The van der Waals surface area contributed by atoms with Crippen molar-refractivity contribution in [1.82, 2.24) is 0 Å². The summed E-state index contributed by atoms with van der Waals surface area (Å²) in [6, 6.07) is 19.5. The van der Waals surface area contributed by atoms with E-state index in [1.807, 2.05) is 36.4 Å². The van der Waals surface area contributed by atoms with E-state index < -0.39 is 0 Å². The summed E-state index contributed by atoms with van der Waals surface area (Å²) in [5, 5.41) is 19.3. The van der Waals surface area contributed by atoms with Crippen LogP contribution >= 0.6 is 27.5 Å². The van der Waals surface area contributed by atoms with Crippen LogP contribution in [-0.2, 0) is 0 Å². The summed E-state index contributed by atoms with van der Waals surface area (Å²) in [5.74, 6) is -0.530. The van der Waals surface area contributed by atoms with Gasteiger partial charge in [-0.05, 0) is 35.4 Å². The van der Waals surface area contributed by atoms with Crippen LogP contribution in [0.25, 0.3) is 0 Å². The molecule has 0 spiro atoms. The SMILES string of the molecule is N#CC[C@H](c1ccc(Cl)cc1)[C@H](C#N)c1ccc(Br)cc1. The normalized spacial score (nSPS) is 13.0. The lowest BCUT2D eigenvalue weighted by molar-refractivity contribution is 0.641. The minimum Gasteiger partial charge on any atom is -0.198 e. The van der Waals surface area contributed by atoms with Crippen LogP contribution in [0.1, 0.15) is 29.4 Å². The first-order valence-corrected chi connectivity index (χ1v) is 7.60. The molecule has 0 aliphatic heterocycles. The van der Waals surface area contributed by atoms with Gasteiger partial charge in [-0.3, -0.25) is 0 Å². The molecule has 2 rings (SSSR count).